The minimum Gasteiger partial charge on any atom is -0.384 e. The fourth-order valence-corrected chi connectivity index (χ4v) is 5.29. The van der Waals surface area contributed by atoms with Crippen molar-refractivity contribution in [1.29, 1.82) is 0 Å². The van der Waals surface area contributed by atoms with Crippen molar-refractivity contribution < 1.29 is 23.9 Å². The molecule has 0 aromatic heterocycles. The number of allylic oxidation sites excluding steroid dienone is 1. The molecule has 1 rings (SSSR count). The fourth-order valence-electron chi connectivity index (χ4n) is 3.92. The Balaban J connectivity index is 3.16. The molecule has 0 aromatic rings. The molecule has 1 aliphatic heterocycles. The smallest absolute Gasteiger partial charge is 0.296 e. The Labute approximate surface area is 201 Å². The van der Waals surface area contributed by atoms with Crippen LogP contribution in [0.5, 0.6) is 0 Å². The fraction of sp³-hybridized carbons (Fsp3) is 0.800. The average molecular weight is 483 g/mol. The van der Waals surface area contributed by atoms with E-state index in [2.05, 4.69) is 6.58 Å². The van der Waals surface area contributed by atoms with E-state index in [4.69, 9.17) is 10.2 Å². The number of likely N-dealkylation sites (tertiary alicyclic amines) is 1. The van der Waals surface area contributed by atoms with Crippen LogP contribution in [-0.4, -0.2) is 54.3 Å². The third-order valence-corrected chi connectivity index (χ3v) is 11.7. The van der Waals surface area contributed by atoms with Gasteiger partial charge in [0.15, 0.2) is 8.32 Å². The van der Waals surface area contributed by atoms with Crippen molar-refractivity contribution in [2.75, 3.05) is 6.54 Å². The maximum Gasteiger partial charge on any atom is 0.296 e. The molecule has 0 radical (unpaired) electrons. The van der Waals surface area contributed by atoms with Crippen molar-refractivity contribution in [1.82, 2.24) is 4.90 Å². The second-order valence-corrected chi connectivity index (χ2v) is 16.0. The lowest BCUT2D eigenvalue weighted by molar-refractivity contribution is -0.198. The van der Waals surface area contributed by atoms with Gasteiger partial charge in [-0.1, -0.05) is 46.1 Å². The first kappa shape index (κ1) is 29.5. The summed E-state index contributed by atoms with van der Waals surface area (Å²) < 4.78 is 6.28. The molecule has 33 heavy (non-hydrogen) atoms. The summed E-state index contributed by atoms with van der Waals surface area (Å²) >= 11 is 0. The lowest BCUT2D eigenvalue weighted by atomic mass is 9.89. The zero-order chi connectivity index (χ0) is 25.6. The van der Waals surface area contributed by atoms with Crippen molar-refractivity contribution in [3.05, 3.63) is 12.2 Å². The standard InChI is InChI=1S/C25H46N2O5Si/c1-18(2)14-10-9-11-15-19(3)25(31,32-33(7,8)24(4,5)6)21(28)23(30)27-17-13-12-16-20(27)22(26)29/h19-20,31H,1,9-17H2,2-8H3,(H2,26,29)/t19-,20?,25?/m1/s1. The number of unbranched alkanes of at least 4 members (excludes halogenated alkanes) is 2. The van der Waals surface area contributed by atoms with Gasteiger partial charge in [-0.25, -0.2) is 0 Å². The molecule has 0 aromatic carbocycles. The van der Waals surface area contributed by atoms with Gasteiger partial charge in [-0.2, -0.15) is 0 Å². The number of carbonyl (C=O) groups excluding carboxylic acids is 3. The van der Waals surface area contributed by atoms with Crippen LogP contribution >= 0.6 is 0 Å². The summed E-state index contributed by atoms with van der Waals surface area (Å²) in [6, 6.07) is -0.829. The van der Waals surface area contributed by atoms with Crippen LogP contribution in [0.4, 0.5) is 0 Å². The lowest BCUT2D eigenvalue weighted by Gasteiger charge is -2.45. The van der Waals surface area contributed by atoms with E-state index in [0.29, 0.717) is 19.3 Å². The monoisotopic (exact) mass is 482 g/mol. The molecule has 8 heteroatoms. The van der Waals surface area contributed by atoms with Gasteiger partial charge in [0, 0.05) is 12.5 Å². The number of rotatable bonds is 12. The van der Waals surface area contributed by atoms with Crippen LogP contribution in [0.3, 0.4) is 0 Å². The first-order valence-corrected chi connectivity index (χ1v) is 15.2. The van der Waals surface area contributed by atoms with Crippen LogP contribution in [0.15, 0.2) is 12.2 Å². The summed E-state index contributed by atoms with van der Waals surface area (Å²) in [6.45, 7) is 17.9. The Kier molecular flexibility index (Phi) is 10.5. The number of carbonyl (C=O) groups is 3. The van der Waals surface area contributed by atoms with Crippen LogP contribution in [0, 0.1) is 5.92 Å². The van der Waals surface area contributed by atoms with Gasteiger partial charge in [-0.05, 0) is 63.6 Å². The first-order valence-electron chi connectivity index (χ1n) is 12.3. The highest BCUT2D eigenvalue weighted by atomic mass is 28.4. The normalized spacial score (nSPS) is 20.1. The number of hydrogen-bond donors (Lipinski definition) is 2. The van der Waals surface area contributed by atoms with Gasteiger partial charge in [0.05, 0.1) is 0 Å². The predicted molar refractivity (Wildman–Crippen MR) is 134 cm³/mol. The van der Waals surface area contributed by atoms with Crippen LogP contribution < -0.4 is 5.73 Å². The van der Waals surface area contributed by atoms with Crippen LogP contribution in [0.2, 0.25) is 18.1 Å². The molecule has 0 spiro atoms. The van der Waals surface area contributed by atoms with E-state index in [9.17, 15) is 19.5 Å². The van der Waals surface area contributed by atoms with Crippen LogP contribution in [0.25, 0.3) is 0 Å². The Morgan fingerprint density at radius 1 is 1.18 bits per heavy atom. The predicted octanol–water partition coefficient (Wildman–Crippen LogP) is 4.30. The van der Waals surface area contributed by atoms with Gasteiger partial charge >= 0.3 is 0 Å². The maximum absolute atomic E-state index is 13.5. The summed E-state index contributed by atoms with van der Waals surface area (Å²) in [5.74, 6) is -5.32. The van der Waals surface area contributed by atoms with Gasteiger partial charge < -0.3 is 20.2 Å². The Morgan fingerprint density at radius 3 is 2.30 bits per heavy atom. The topological polar surface area (TPSA) is 110 Å². The van der Waals surface area contributed by atoms with E-state index in [-0.39, 0.29) is 11.6 Å². The summed E-state index contributed by atoms with van der Waals surface area (Å²) in [7, 11) is -2.61. The van der Waals surface area contributed by atoms with E-state index >= 15 is 0 Å². The molecule has 190 valence electrons. The Morgan fingerprint density at radius 2 is 1.79 bits per heavy atom. The molecular formula is C25H46N2O5Si. The molecule has 2 amide bonds. The quantitative estimate of drug-likeness (QED) is 0.142. The number of ketones is 1. The molecule has 3 N–H and O–H groups in total. The van der Waals surface area contributed by atoms with E-state index in [1.807, 2.05) is 40.8 Å². The third kappa shape index (κ3) is 7.75. The summed E-state index contributed by atoms with van der Waals surface area (Å²) in [5.41, 5.74) is 6.63. The van der Waals surface area contributed by atoms with Crippen molar-refractivity contribution in [2.45, 2.75) is 116 Å². The number of nitrogens with zero attached hydrogens (tertiary/aromatic N) is 1. The minimum absolute atomic E-state index is 0.267. The van der Waals surface area contributed by atoms with E-state index in [0.717, 1.165) is 37.7 Å². The number of nitrogens with two attached hydrogens (primary N) is 1. The second-order valence-electron chi connectivity index (χ2n) is 11.3. The zero-order valence-electron chi connectivity index (χ0n) is 21.8. The Hall–Kier alpha value is -1.51. The Bertz CT molecular complexity index is 731. The number of Topliss-reactive ketones (excluding diaryl/α,β-unsaturated/α-hetero) is 1. The molecule has 0 saturated carbocycles. The van der Waals surface area contributed by atoms with Crippen molar-refractivity contribution in [2.24, 2.45) is 11.7 Å². The highest BCUT2D eigenvalue weighted by Crippen LogP contribution is 2.41. The molecule has 1 heterocycles. The molecule has 2 unspecified atom stereocenters. The third-order valence-electron chi connectivity index (χ3n) is 7.24. The van der Waals surface area contributed by atoms with E-state index in [1.54, 1.807) is 6.92 Å². The SMILES string of the molecule is C=C(C)CCCCC[C@@H](C)C(O)(O[Si](C)(C)C(C)(C)C)C(=O)C(=O)N1CCCCC1C(N)=O. The summed E-state index contributed by atoms with van der Waals surface area (Å²) in [6.07, 6.45) is 6.08. The number of aliphatic hydroxyl groups is 1. The van der Waals surface area contributed by atoms with Gasteiger partial charge in [0.25, 0.3) is 11.7 Å². The van der Waals surface area contributed by atoms with Crippen LogP contribution in [-0.2, 0) is 18.8 Å². The first-order chi connectivity index (χ1) is 15.0. The van der Waals surface area contributed by atoms with Gasteiger partial charge in [0.2, 0.25) is 11.7 Å². The number of piperidine rings is 1. The summed E-state index contributed by atoms with van der Waals surface area (Å²) in [4.78, 5) is 40.0. The molecule has 7 nitrogen and oxygen atoms in total. The molecule has 1 saturated heterocycles. The summed E-state index contributed by atoms with van der Waals surface area (Å²) in [5, 5.41) is 11.4. The highest BCUT2D eigenvalue weighted by Gasteiger charge is 2.54. The zero-order valence-corrected chi connectivity index (χ0v) is 22.8. The highest BCUT2D eigenvalue weighted by molar-refractivity contribution is 6.74. The number of primary amides is 1. The van der Waals surface area contributed by atoms with Crippen molar-refractivity contribution >= 4 is 25.9 Å². The average Bonchev–Trinajstić information content (AvgIpc) is 2.70. The van der Waals surface area contributed by atoms with Gasteiger partial charge in [0.1, 0.15) is 6.04 Å². The second kappa shape index (κ2) is 11.8. The van der Waals surface area contributed by atoms with Gasteiger partial charge in [-0.3, -0.25) is 14.4 Å². The van der Waals surface area contributed by atoms with E-state index in [1.165, 1.54) is 4.90 Å². The van der Waals surface area contributed by atoms with Crippen molar-refractivity contribution in [3.63, 3.8) is 0 Å². The molecule has 3 atom stereocenters. The van der Waals surface area contributed by atoms with Crippen LogP contribution in [0.1, 0.15) is 86.0 Å². The van der Waals surface area contributed by atoms with Crippen molar-refractivity contribution in [3.8, 4) is 0 Å². The molecule has 0 bridgehead atoms. The largest absolute Gasteiger partial charge is 0.384 e. The number of hydrogen-bond acceptors (Lipinski definition) is 5. The number of amides is 2. The molecule has 1 aliphatic rings. The molecule has 1 fully saturated rings. The molecule has 0 aliphatic carbocycles. The maximum atomic E-state index is 13.5. The van der Waals surface area contributed by atoms with E-state index < -0.39 is 43.7 Å². The molecular weight excluding hydrogens is 436 g/mol. The lowest BCUT2D eigenvalue weighted by Crippen LogP contribution is -2.62. The minimum atomic E-state index is -2.61. The van der Waals surface area contributed by atoms with Gasteiger partial charge in [-0.15, -0.1) is 6.58 Å².